The molecular weight excluding hydrogens is 376 g/mol. The van der Waals surface area contributed by atoms with Gasteiger partial charge in [-0.1, -0.05) is 12.1 Å². The first-order valence-electron chi connectivity index (χ1n) is 8.06. The Hall–Kier alpha value is -2.13. The van der Waals surface area contributed by atoms with Crippen molar-refractivity contribution < 1.29 is 22.4 Å². The van der Waals surface area contributed by atoms with Crippen LogP contribution in [0.2, 0.25) is 0 Å². The predicted molar refractivity (Wildman–Crippen MR) is 101 cm³/mol. The number of nitrogens with one attached hydrogen (secondary N) is 1. The number of ether oxygens (including phenoxy) is 1. The van der Waals surface area contributed by atoms with E-state index in [-0.39, 0.29) is 12.5 Å². The van der Waals surface area contributed by atoms with Gasteiger partial charge in [0, 0.05) is 12.3 Å². The van der Waals surface area contributed by atoms with Crippen LogP contribution < -0.4 is 14.4 Å². The topological polar surface area (TPSA) is 88.9 Å². The summed E-state index contributed by atoms with van der Waals surface area (Å²) in [4.78, 5) is 12.4. The lowest BCUT2D eigenvalue weighted by Gasteiger charge is -2.33. The standard InChI is InChI=1S/C17H20N2O5S2/c1-26(21,22)19-11-16(24-15-7-3-2-6-14(15)19)17(20)18-8-10-25-12-13-5-4-9-23-13/h2-7,9,16H,8,10-12H2,1H3,(H,18,20). The van der Waals surface area contributed by atoms with Gasteiger partial charge in [0.15, 0.2) is 6.10 Å². The number of thioether (sulfide) groups is 1. The van der Waals surface area contributed by atoms with Crippen LogP contribution in [0, 0.1) is 0 Å². The zero-order valence-electron chi connectivity index (χ0n) is 14.3. The van der Waals surface area contributed by atoms with Crippen molar-refractivity contribution in [1.29, 1.82) is 0 Å². The second kappa shape index (κ2) is 8.05. The lowest BCUT2D eigenvalue weighted by atomic mass is 10.2. The smallest absolute Gasteiger partial charge is 0.263 e. The van der Waals surface area contributed by atoms with Crippen molar-refractivity contribution in [2.24, 2.45) is 0 Å². The third-order valence-electron chi connectivity index (χ3n) is 3.80. The highest BCUT2D eigenvalue weighted by Gasteiger charge is 2.34. The molecule has 1 aromatic carbocycles. The van der Waals surface area contributed by atoms with Gasteiger partial charge in [-0.25, -0.2) is 8.42 Å². The number of hydrogen-bond acceptors (Lipinski definition) is 6. The maximum Gasteiger partial charge on any atom is 0.263 e. The summed E-state index contributed by atoms with van der Waals surface area (Å²) in [5, 5.41) is 2.80. The summed E-state index contributed by atoms with van der Waals surface area (Å²) in [5.74, 6) is 2.39. The molecule has 9 heteroatoms. The van der Waals surface area contributed by atoms with Crippen molar-refractivity contribution in [3.8, 4) is 5.75 Å². The van der Waals surface area contributed by atoms with Crippen LogP contribution in [0.3, 0.4) is 0 Å². The molecule has 1 atom stereocenters. The zero-order valence-corrected chi connectivity index (χ0v) is 15.9. The van der Waals surface area contributed by atoms with Crippen molar-refractivity contribution in [3.05, 3.63) is 48.4 Å². The van der Waals surface area contributed by atoms with E-state index in [1.54, 1.807) is 42.3 Å². The molecule has 0 bridgehead atoms. The van der Waals surface area contributed by atoms with Gasteiger partial charge in [-0.2, -0.15) is 11.8 Å². The van der Waals surface area contributed by atoms with Crippen LogP contribution in [0.25, 0.3) is 0 Å². The summed E-state index contributed by atoms with van der Waals surface area (Å²) in [5.41, 5.74) is 0.452. The Kier molecular flexibility index (Phi) is 5.77. The van der Waals surface area contributed by atoms with E-state index < -0.39 is 16.1 Å². The summed E-state index contributed by atoms with van der Waals surface area (Å²) in [6.45, 7) is 0.422. The van der Waals surface area contributed by atoms with Gasteiger partial charge in [-0.15, -0.1) is 0 Å². The minimum Gasteiger partial charge on any atom is -0.476 e. The molecule has 140 valence electrons. The Morgan fingerprint density at radius 2 is 2.12 bits per heavy atom. The molecule has 0 saturated heterocycles. The molecule has 0 spiro atoms. The Morgan fingerprint density at radius 1 is 1.31 bits per heavy atom. The molecule has 1 aliphatic rings. The van der Waals surface area contributed by atoms with Crippen LogP contribution in [-0.2, 0) is 20.6 Å². The predicted octanol–water partition coefficient (Wildman–Crippen LogP) is 1.86. The molecule has 3 rings (SSSR count). The molecule has 26 heavy (non-hydrogen) atoms. The number of para-hydroxylation sites is 2. The number of carbonyl (C=O) groups excluding carboxylic acids is 1. The third kappa shape index (κ3) is 4.53. The lowest BCUT2D eigenvalue weighted by molar-refractivity contribution is -0.127. The molecule has 0 aliphatic carbocycles. The fraction of sp³-hybridized carbons (Fsp3) is 0.353. The van der Waals surface area contributed by atoms with Gasteiger partial charge in [-0.05, 0) is 24.3 Å². The summed E-state index contributed by atoms with van der Waals surface area (Å²) in [7, 11) is -3.50. The minimum absolute atomic E-state index is 0.0405. The summed E-state index contributed by atoms with van der Waals surface area (Å²) >= 11 is 1.64. The van der Waals surface area contributed by atoms with E-state index in [0.717, 1.165) is 17.8 Å². The number of sulfonamides is 1. The molecule has 1 aliphatic heterocycles. The van der Waals surface area contributed by atoms with Crippen LogP contribution in [0.1, 0.15) is 5.76 Å². The molecule has 0 saturated carbocycles. The number of rotatable bonds is 7. The quantitative estimate of drug-likeness (QED) is 0.719. The highest BCUT2D eigenvalue weighted by Crippen LogP contribution is 2.34. The first-order valence-corrected chi connectivity index (χ1v) is 11.1. The second-order valence-corrected chi connectivity index (χ2v) is 8.80. The number of anilines is 1. The maximum absolute atomic E-state index is 12.4. The number of carbonyl (C=O) groups is 1. The Bertz CT molecular complexity index is 852. The molecule has 0 radical (unpaired) electrons. The summed E-state index contributed by atoms with van der Waals surface area (Å²) in [6.07, 6.45) is 1.87. The average Bonchev–Trinajstić information content (AvgIpc) is 3.13. The van der Waals surface area contributed by atoms with Crippen LogP contribution in [0.4, 0.5) is 5.69 Å². The van der Waals surface area contributed by atoms with Crippen molar-refractivity contribution in [2.45, 2.75) is 11.9 Å². The lowest BCUT2D eigenvalue weighted by Crippen LogP contribution is -2.50. The summed E-state index contributed by atoms with van der Waals surface area (Å²) in [6, 6.07) is 10.5. The first kappa shape index (κ1) is 18.7. The number of nitrogens with zero attached hydrogens (tertiary/aromatic N) is 1. The molecule has 0 fully saturated rings. The maximum atomic E-state index is 12.4. The van der Waals surface area contributed by atoms with Crippen LogP contribution in [0.15, 0.2) is 47.1 Å². The number of fused-ring (bicyclic) bond motifs is 1. The number of furan rings is 1. The fourth-order valence-corrected chi connectivity index (χ4v) is 4.25. The van der Waals surface area contributed by atoms with Gasteiger partial charge in [0.1, 0.15) is 11.5 Å². The van der Waals surface area contributed by atoms with Gasteiger partial charge in [0.25, 0.3) is 5.91 Å². The molecule has 1 aromatic heterocycles. The van der Waals surface area contributed by atoms with E-state index in [4.69, 9.17) is 9.15 Å². The SMILES string of the molecule is CS(=O)(=O)N1CC(C(=O)NCCSCc2ccco2)Oc2ccccc21. The van der Waals surface area contributed by atoms with E-state index in [9.17, 15) is 13.2 Å². The van der Waals surface area contributed by atoms with Crippen molar-refractivity contribution in [1.82, 2.24) is 5.32 Å². The Morgan fingerprint density at radius 3 is 2.85 bits per heavy atom. The number of amides is 1. The Balaban J connectivity index is 1.54. The van der Waals surface area contributed by atoms with Crippen molar-refractivity contribution in [2.75, 3.05) is 29.4 Å². The molecular formula is C17H20N2O5S2. The molecule has 1 unspecified atom stereocenters. The van der Waals surface area contributed by atoms with Crippen LogP contribution in [-0.4, -0.2) is 45.5 Å². The van der Waals surface area contributed by atoms with Gasteiger partial charge < -0.3 is 14.5 Å². The number of benzene rings is 1. The largest absolute Gasteiger partial charge is 0.476 e. The average molecular weight is 396 g/mol. The van der Waals surface area contributed by atoms with Gasteiger partial charge in [0.05, 0.1) is 30.5 Å². The monoisotopic (exact) mass is 396 g/mol. The van der Waals surface area contributed by atoms with Gasteiger partial charge in [-0.3, -0.25) is 9.10 Å². The highest BCUT2D eigenvalue weighted by molar-refractivity contribution is 7.98. The number of hydrogen-bond donors (Lipinski definition) is 1. The molecule has 7 nitrogen and oxygen atoms in total. The highest BCUT2D eigenvalue weighted by atomic mass is 32.2. The minimum atomic E-state index is -3.50. The van der Waals surface area contributed by atoms with Crippen LogP contribution in [0.5, 0.6) is 5.75 Å². The summed E-state index contributed by atoms with van der Waals surface area (Å²) < 4.78 is 36.3. The van der Waals surface area contributed by atoms with Crippen molar-refractivity contribution in [3.63, 3.8) is 0 Å². The molecule has 1 amide bonds. The third-order valence-corrected chi connectivity index (χ3v) is 5.93. The normalized spacial score (nSPS) is 16.7. The van der Waals surface area contributed by atoms with Gasteiger partial charge >= 0.3 is 0 Å². The van der Waals surface area contributed by atoms with E-state index in [0.29, 0.717) is 23.7 Å². The van der Waals surface area contributed by atoms with Crippen LogP contribution >= 0.6 is 11.8 Å². The molecule has 1 N–H and O–H groups in total. The Labute approximate surface area is 156 Å². The second-order valence-electron chi connectivity index (χ2n) is 5.79. The molecule has 2 heterocycles. The molecule has 2 aromatic rings. The first-order chi connectivity index (χ1) is 12.4. The fourth-order valence-electron chi connectivity index (χ4n) is 2.58. The van der Waals surface area contributed by atoms with Crippen molar-refractivity contribution >= 4 is 33.4 Å². The van der Waals surface area contributed by atoms with E-state index in [1.165, 1.54) is 4.31 Å². The van der Waals surface area contributed by atoms with E-state index in [2.05, 4.69) is 5.32 Å². The zero-order chi connectivity index (χ0) is 18.6. The van der Waals surface area contributed by atoms with E-state index in [1.807, 2.05) is 12.1 Å². The van der Waals surface area contributed by atoms with E-state index >= 15 is 0 Å². The van der Waals surface area contributed by atoms with Gasteiger partial charge in [0.2, 0.25) is 10.0 Å².